The second kappa shape index (κ2) is 33.8. The molecule has 4 saturated heterocycles. The minimum Gasteiger partial charge on any atom is -0.472 e. The van der Waals surface area contributed by atoms with Crippen LogP contribution in [0.5, 0.6) is 0 Å². The third-order valence-corrected chi connectivity index (χ3v) is 21.2. The van der Waals surface area contributed by atoms with E-state index in [0.717, 1.165) is 39.3 Å². The number of hydrogen-bond donors (Lipinski definition) is 16. The molecule has 16 N–H and O–H groups in total. The third kappa shape index (κ3) is 15.6. The van der Waals surface area contributed by atoms with Crippen LogP contribution >= 0.6 is 0 Å². The number of aliphatic hydroxyl groups excluding tert-OH is 16. The van der Waals surface area contributed by atoms with Crippen LogP contribution in [0.1, 0.15) is 33.1 Å². The standard InChI is InChI=1S/C66H90O37/c1-7-25-27(30(18-90-59(25)100-63-51(80)47(76)43(72)36(14-68)96-63)57(86)94-34-11-28-31(55(84)88-5)19-92-61(40(28)22(34)3)102-65-53(82)49(78)45(74)38(16-70)98-65)10-9-24(13-67)42-26(8-2)60(101-64-52(81)48(77)44(73)37(15-69)97-64)91-21-33(42)58(87)95-35-12-29-32(56(85)89-6)20-93-62(41(29)23(35)4)103-66-54(83)50(79)46(75)39(17-71)99-66/h7-9,13,18-23,25-29,34-54,59-66,68-83H,1-2,10-12,14-17H2,3-6H3/b24-9+/t22-,23+,25-,26+,27+,28+,29-,34-,35+,36+,37-,38+,39-,40+,41-,42-,43+,44-,45+,46-,47-,48+,49-,50+,51+,52-,53+,54-,59+,60-,61-,62+,63-,64+,65-,66+/m0/s1. The fraction of sp³-hybridized carbons (Fsp3) is 0.712. The maximum atomic E-state index is 15.3. The fourth-order valence-corrected chi connectivity index (χ4v) is 15.2. The van der Waals surface area contributed by atoms with E-state index in [1.165, 1.54) is 18.2 Å². The molecule has 0 unspecified atom stereocenters. The van der Waals surface area contributed by atoms with Gasteiger partial charge in [0.05, 0.1) is 93.9 Å². The number of aldehydes is 1. The fourth-order valence-electron chi connectivity index (χ4n) is 15.2. The monoisotopic (exact) mass is 1470 g/mol. The first-order chi connectivity index (χ1) is 49.1. The largest absolute Gasteiger partial charge is 0.472 e. The highest BCUT2D eigenvalue weighted by molar-refractivity contribution is 5.93. The molecule has 0 radical (unpaired) electrons. The van der Waals surface area contributed by atoms with Gasteiger partial charge in [-0.25, -0.2) is 19.2 Å². The van der Waals surface area contributed by atoms with Crippen LogP contribution in [-0.2, 0) is 99.8 Å². The summed E-state index contributed by atoms with van der Waals surface area (Å²) in [6.45, 7) is 7.78. The van der Waals surface area contributed by atoms with Crippen LogP contribution < -0.4 is 0 Å². The maximum Gasteiger partial charge on any atom is 0.338 e. The van der Waals surface area contributed by atoms with Crippen LogP contribution in [0.2, 0.25) is 0 Å². The van der Waals surface area contributed by atoms with Gasteiger partial charge in [0.1, 0.15) is 116 Å². The topological polar surface area (TPSA) is 557 Å². The average Bonchev–Trinajstić information content (AvgIpc) is 1.67. The molecule has 37 nitrogen and oxygen atoms in total. The Hall–Kier alpha value is -6.03. The molecule has 576 valence electrons. The summed E-state index contributed by atoms with van der Waals surface area (Å²) < 4.78 is 93.4. The van der Waals surface area contributed by atoms with E-state index in [1.54, 1.807) is 13.8 Å². The Bertz CT molecular complexity index is 3170. The predicted molar refractivity (Wildman–Crippen MR) is 330 cm³/mol. The van der Waals surface area contributed by atoms with Crippen molar-refractivity contribution in [1.82, 2.24) is 0 Å². The molecule has 37 heteroatoms. The van der Waals surface area contributed by atoms with Crippen molar-refractivity contribution in [3.05, 3.63) is 84.3 Å². The van der Waals surface area contributed by atoms with Gasteiger partial charge in [-0.05, 0) is 24.8 Å². The van der Waals surface area contributed by atoms with Crippen molar-refractivity contribution in [2.24, 2.45) is 59.2 Å². The van der Waals surface area contributed by atoms with E-state index < -0.39 is 282 Å². The summed E-state index contributed by atoms with van der Waals surface area (Å²) in [7, 11) is 2.22. The van der Waals surface area contributed by atoms with Gasteiger partial charge in [0, 0.05) is 53.3 Å². The minimum atomic E-state index is -2.02. The SMILES string of the molecule is C=C[C@@H]1[C@@H](O[C@@H]2O[C@H](CO)[C@@H](O)[C@H](O)[C@H]2O)OC=C(C(=O)O[C@H]2C[C@@H]3C(C(=O)OC)=CO[C@@H](O[C@@H]4O[C@H](CO)[C@@H](O)[C@H](O)[C@H]4O)[C@@H]3[C@H]2C)[C@@H]1C/C=C(\C=O)[C@@H]1C(C(=O)O[C@@H]2C[C@H]3C(C(=O)OC)=CO[C@H](O[C@H]4O[C@@H](CO)[C@H](O)[C@@H](O)[C@@H]4O)[C@H]3[C@@H]2C)=CO[C@@H](O[C@H]2O[C@@H](CO)[C@H](O)[C@@H](O)[C@@H]2O)[C@@H]1C=C. The van der Waals surface area contributed by atoms with Gasteiger partial charge >= 0.3 is 23.9 Å². The first-order valence-electron chi connectivity index (χ1n) is 33.4. The molecule has 2 aliphatic carbocycles. The molecule has 36 atom stereocenters. The lowest BCUT2D eigenvalue weighted by Gasteiger charge is -2.43. The highest BCUT2D eigenvalue weighted by Gasteiger charge is 2.59. The van der Waals surface area contributed by atoms with E-state index in [0.29, 0.717) is 6.29 Å². The van der Waals surface area contributed by atoms with Crippen LogP contribution in [0.15, 0.2) is 84.3 Å². The number of carbonyl (C=O) groups excluding carboxylic acids is 5. The molecule has 0 spiro atoms. The van der Waals surface area contributed by atoms with E-state index in [1.807, 2.05) is 0 Å². The van der Waals surface area contributed by atoms with Gasteiger partial charge < -0.3 is 157 Å². The first-order valence-corrected chi connectivity index (χ1v) is 33.4. The lowest BCUT2D eigenvalue weighted by molar-refractivity contribution is -0.342. The Kier molecular flexibility index (Phi) is 26.1. The second-order valence-electron chi connectivity index (χ2n) is 26.8. The molecule has 0 aromatic carbocycles. The summed E-state index contributed by atoms with van der Waals surface area (Å²) >= 11 is 0. The minimum absolute atomic E-state index is 0.0243. The second-order valence-corrected chi connectivity index (χ2v) is 26.8. The van der Waals surface area contributed by atoms with E-state index in [2.05, 4.69) is 13.2 Å². The van der Waals surface area contributed by atoms with Crippen LogP contribution in [0.4, 0.5) is 0 Å². The molecule has 6 fully saturated rings. The molecule has 0 aromatic rings. The van der Waals surface area contributed by atoms with E-state index in [4.69, 9.17) is 75.8 Å². The number of methoxy groups -OCH3 is 2. The summed E-state index contributed by atoms with van der Waals surface area (Å²) in [6.07, 6.45) is -37.1. The van der Waals surface area contributed by atoms with E-state index >= 15 is 9.59 Å². The van der Waals surface area contributed by atoms with Gasteiger partial charge in [0.15, 0.2) is 25.2 Å². The highest BCUT2D eigenvalue weighted by atomic mass is 16.8. The summed E-state index contributed by atoms with van der Waals surface area (Å²) in [5.74, 6) is -15.1. The van der Waals surface area contributed by atoms with Crippen LogP contribution in [-0.4, -0.2) is 313 Å². The van der Waals surface area contributed by atoms with E-state index in [9.17, 15) is 96.1 Å². The molecule has 2 saturated carbocycles. The van der Waals surface area contributed by atoms with Crippen molar-refractivity contribution in [3.8, 4) is 0 Å². The summed E-state index contributed by atoms with van der Waals surface area (Å²) in [5.41, 5.74) is -1.13. The number of hydrogen-bond acceptors (Lipinski definition) is 37. The zero-order valence-corrected chi connectivity index (χ0v) is 56.0. The Morgan fingerprint density at radius 1 is 0.437 bits per heavy atom. The van der Waals surface area contributed by atoms with Crippen LogP contribution in [0.25, 0.3) is 0 Å². The first kappa shape index (κ1) is 79.5. The number of ether oxygens (including phenoxy) is 16. The number of fused-ring (bicyclic) bond motifs is 2. The molecular formula is C66H90O37. The van der Waals surface area contributed by atoms with E-state index in [-0.39, 0.29) is 35.1 Å². The molecule has 0 amide bonds. The van der Waals surface area contributed by atoms with Crippen molar-refractivity contribution in [2.75, 3.05) is 40.6 Å². The van der Waals surface area contributed by atoms with Gasteiger partial charge in [-0.3, -0.25) is 4.79 Å². The lowest BCUT2D eigenvalue weighted by atomic mass is 9.76. The highest BCUT2D eigenvalue weighted by Crippen LogP contribution is 2.52. The Labute approximate surface area is 587 Å². The molecule has 103 heavy (non-hydrogen) atoms. The number of carbonyl (C=O) groups is 5. The predicted octanol–water partition coefficient (Wildman–Crippen LogP) is -6.72. The van der Waals surface area contributed by atoms with Gasteiger partial charge in [0.25, 0.3) is 0 Å². The maximum absolute atomic E-state index is 15.3. The normalized spacial score (nSPS) is 45.3. The molecule has 0 bridgehead atoms. The molecule has 0 aromatic heterocycles. The number of rotatable bonds is 24. The zero-order chi connectivity index (χ0) is 74.9. The van der Waals surface area contributed by atoms with Gasteiger partial charge in [-0.1, -0.05) is 32.1 Å². The molecule has 8 heterocycles. The average molecular weight is 1480 g/mol. The van der Waals surface area contributed by atoms with Crippen molar-refractivity contribution >= 4 is 30.2 Å². The van der Waals surface area contributed by atoms with Crippen molar-refractivity contribution in [2.45, 2.75) is 193 Å². The molecule has 8 aliphatic heterocycles. The number of aliphatic hydroxyl groups is 16. The Morgan fingerprint density at radius 3 is 1.10 bits per heavy atom. The molecule has 10 aliphatic rings. The lowest BCUT2D eigenvalue weighted by Crippen LogP contribution is -2.60. The van der Waals surface area contributed by atoms with Gasteiger partial charge in [0.2, 0.25) is 25.2 Å². The summed E-state index contributed by atoms with van der Waals surface area (Å²) in [4.78, 5) is 71.3. The Morgan fingerprint density at radius 2 is 0.757 bits per heavy atom. The van der Waals surface area contributed by atoms with Crippen molar-refractivity contribution in [3.63, 3.8) is 0 Å². The van der Waals surface area contributed by atoms with Crippen LogP contribution in [0, 0.1) is 59.2 Å². The quantitative estimate of drug-likeness (QED) is 0.0140. The summed E-state index contributed by atoms with van der Waals surface area (Å²) in [5, 5.41) is 169. The third-order valence-electron chi connectivity index (χ3n) is 21.2. The van der Waals surface area contributed by atoms with Gasteiger partial charge in [-0.2, -0.15) is 0 Å². The van der Waals surface area contributed by atoms with Crippen molar-refractivity contribution in [1.29, 1.82) is 0 Å². The van der Waals surface area contributed by atoms with Crippen molar-refractivity contribution < 1.29 is 181 Å². The zero-order valence-electron chi connectivity index (χ0n) is 56.0. The summed E-state index contributed by atoms with van der Waals surface area (Å²) in [6, 6.07) is 0. The number of allylic oxidation sites excluding steroid dienone is 2. The Balaban J connectivity index is 0.986. The van der Waals surface area contributed by atoms with Gasteiger partial charge in [-0.15, -0.1) is 13.2 Å². The smallest absolute Gasteiger partial charge is 0.338 e. The van der Waals surface area contributed by atoms with Crippen LogP contribution in [0.3, 0.4) is 0 Å². The molecule has 10 rings (SSSR count). The number of esters is 4. The molecular weight excluding hydrogens is 1380 g/mol.